The van der Waals surface area contributed by atoms with Crippen LogP contribution in [0.15, 0.2) is 29.3 Å². The van der Waals surface area contributed by atoms with Gasteiger partial charge in [-0.05, 0) is 37.0 Å². The lowest BCUT2D eigenvalue weighted by Crippen LogP contribution is -2.46. The van der Waals surface area contributed by atoms with Gasteiger partial charge in [0.2, 0.25) is 0 Å². The first-order chi connectivity index (χ1) is 13.1. The minimum absolute atomic E-state index is 0. The van der Waals surface area contributed by atoms with Gasteiger partial charge >= 0.3 is 0 Å². The third-order valence-electron chi connectivity index (χ3n) is 4.48. The van der Waals surface area contributed by atoms with Gasteiger partial charge in [-0.2, -0.15) is 0 Å². The van der Waals surface area contributed by atoms with Crippen LogP contribution in [0.4, 0.5) is 0 Å². The highest BCUT2D eigenvalue weighted by Gasteiger charge is 2.20. The van der Waals surface area contributed by atoms with E-state index in [0.29, 0.717) is 12.5 Å². The molecular formula is C21H37IN4O2. The predicted octanol–water partition coefficient (Wildman–Crippen LogP) is 2.77. The van der Waals surface area contributed by atoms with E-state index >= 15 is 0 Å². The number of nitrogens with one attached hydrogen (secondary N) is 2. The lowest BCUT2D eigenvalue weighted by molar-refractivity contribution is -0.0261. The summed E-state index contributed by atoms with van der Waals surface area (Å²) in [7, 11) is 1.70. The van der Waals surface area contributed by atoms with Crippen molar-refractivity contribution < 1.29 is 9.47 Å². The van der Waals surface area contributed by atoms with Crippen molar-refractivity contribution in [3.8, 4) is 5.75 Å². The van der Waals surface area contributed by atoms with Crippen LogP contribution in [-0.4, -0.2) is 69.9 Å². The number of halogens is 1. The molecule has 2 N–H and O–H groups in total. The van der Waals surface area contributed by atoms with Crippen LogP contribution in [0.2, 0.25) is 0 Å². The molecule has 0 aliphatic carbocycles. The number of methoxy groups -OCH3 is 1. The third kappa shape index (κ3) is 9.43. The van der Waals surface area contributed by atoms with Crippen LogP contribution in [-0.2, 0) is 11.2 Å². The number of nitrogens with zero attached hydrogens (tertiary/aromatic N) is 2. The Labute approximate surface area is 187 Å². The van der Waals surface area contributed by atoms with E-state index < -0.39 is 0 Å². The number of morpholine rings is 1. The van der Waals surface area contributed by atoms with Crippen LogP contribution in [0.1, 0.15) is 26.3 Å². The molecule has 0 saturated carbocycles. The van der Waals surface area contributed by atoms with Crippen molar-refractivity contribution in [1.82, 2.24) is 15.5 Å². The molecule has 1 fully saturated rings. The number of rotatable bonds is 9. The number of hydrogen-bond donors (Lipinski definition) is 2. The monoisotopic (exact) mass is 504 g/mol. The van der Waals surface area contributed by atoms with Gasteiger partial charge in [-0.15, -0.1) is 24.0 Å². The second-order valence-corrected chi connectivity index (χ2v) is 7.39. The Balaban J connectivity index is 0.00000392. The molecule has 7 heteroatoms. The summed E-state index contributed by atoms with van der Waals surface area (Å²) in [5, 5.41) is 6.74. The summed E-state index contributed by atoms with van der Waals surface area (Å²) in [6, 6.07) is 8.18. The number of aliphatic imine (C=N–C) groups is 1. The fraction of sp³-hybridized carbons (Fsp3) is 0.667. The van der Waals surface area contributed by atoms with Crippen molar-refractivity contribution in [3.63, 3.8) is 0 Å². The van der Waals surface area contributed by atoms with Crippen LogP contribution in [0, 0.1) is 5.92 Å². The second kappa shape index (κ2) is 14.0. The number of guanidine groups is 1. The molecular weight excluding hydrogens is 467 g/mol. The molecule has 0 bridgehead atoms. The standard InChI is InChI=1S/C21H36N4O2.HI/c1-5-22-21(23-10-9-18-7-6-8-19(13-18)26-4)24-14-20-16-25(11-12-27-20)15-17(2)3;/h6-8,13,17,20H,5,9-12,14-16H2,1-4H3,(H2,22,23,24);1H. The van der Waals surface area contributed by atoms with E-state index in [9.17, 15) is 0 Å². The summed E-state index contributed by atoms with van der Waals surface area (Å²) in [6.45, 7) is 12.9. The van der Waals surface area contributed by atoms with Gasteiger partial charge in [0.1, 0.15) is 5.75 Å². The molecule has 0 radical (unpaired) electrons. The highest BCUT2D eigenvalue weighted by molar-refractivity contribution is 14.0. The molecule has 0 aromatic heterocycles. The molecule has 0 amide bonds. The lowest BCUT2D eigenvalue weighted by Gasteiger charge is -2.33. The highest BCUT2D eigenvalue weighted by Crippen LogP contribution is 2.12. The molecule has 1 heterocycles. The molecule has 160 valence electrons. The minimum atomic E-state index is 0. The normalized spacial score (nSPS) is 17.9. The van der Waals surface area contributed by atoms with Crippen molar-refractivity contribution in [3.05, 3.63) is 29.8 Å². The molecule has 1 aromatic rings. The van der Waals surface area contributed by atoms with E-state index in [2.05, 4.69) is 48.4 Å². The molecule has 1 aliphatic heterocycles. The zero-order valence-corrected chi connectivity index (χ0v) is 20.1. The summed E-state index contributed by atoms with van der Waals surface area (Å²) in [6.07, 6.45) is 1.09. The predicted molar refractivity (Wildman–Crippen MR) is 127 cm³/mol. The van der Waals surface area contributed by atoms with E-state index in [1.54, 1.807) is 7.11 Å². The summed E-state index contributed by atoms with van der Waals surface area (Å²) in [5.74, 6) is 2.43. The molecule has 0 spiro atoms. The van der Waals surface area contributed by atoms with Crippen LogP contribution >= 0.6 is 24.0 Å². The zero-order chi connectivity index (χ0) is 19.5. The summed E-state index contributed by atoms with van der Waals surface area (Å²) in [4.78, 5) is 7.22. The SMILES string of the molecule is CCNC(=NCC1CN(CC(C)C)CCO1)NCCc1cccc(OC)c1.I. The maximum Gasteiger partial charge on any atom is 0.191 e. The minimum Gasteiger partial charge on any atom is -0.497 e. The first kappa shape index (κ1) is 25.0. The van der Waals surface area contributed by atoms with Gasteiger partial charge in [0, 0.05) is 32.7 Å². The Bertz CT molecular complexity index is 583. The Morgan fingerprint density at radius 1 is 1.36 bits per heavy atom. The molecule has 1 aromatic carbocycles. The average Bonchev–Trinajstić information content (AvgIpc) is 2.66. The van der Waals surface area contributed by atoms with Gasteiger partial charge in [0.25, 0.3) is 0 Å². The Kier molecular flexibility index (Phi) is 12.5. The van der Waals surface area contributed by atoms with Gasteiger partial charge in [-0.1, -0.05) is 26.0 Å². The molecule has 1 atom stereocenters. The number of ether oxygens (including phenoxy) is 2. The van der Waals surface area contributed by atoms with Gasteiger partial charge in [-0.25, -0.2) is 0 Å². The molecule has 1 aliphatic rings. The first-order valence-electron chi connectivity index (χ1n) is 10.1. The van der Waals surface area contributed by atoms with Gasteiger partial charge in [0.05, 0.1) is 26.4 Å². The highest BCUT2D eigenvalue weighted by atomic mass is 127. The molecule has 28 heavy (non-hydrogen) atoms. The first-order valence-corrected chi connectivity index (χ1v) is 10.1. The lowest BCUT2D eigenvalue weighted by atomic mass is 10.1. The molecule has 2 rings (SSSR count). The van der Waals surface area contributed by atoms with Gasteiger partial charge in [0.15, 0.2) is 5.96 Å². The fourth-order valence-corrected chi connectivity index (χ4v) is 3.26. The maximum absolute atomic E-state index is 5.90. The van der Waals surface area contributed by atoms with Crippen LogP contribution in [0.25, 0.3) is 0 Å². The van der Waals surface area contributed by atoms with E-state index in [1.807, 2.05) is 12.1 Å². The molecule has 1 saturated heterocycles. The summed E-state index contributed by atoms with van der Waals surface area (Å²) in [5.41, 5.74) is 1.25. The number of benzene rings is 1. The van der Waals surface area contributed by atoms with Crippen molar-refractivity contribution in [2.45, 2.75) is 33.3 Å². The fourth-order valence-electron chi connectivity index (χ4n) is 3.26. The number of hydrogen-bond acceptors (Lipinski definition) is 4. The van der Waals surface area contributed by atoms with E-state index in [4.69, 9.17) is 14.5 Å². The largest absolute Gasteiger partial charge is 0.497 e. The van der Waals surface area contributed by atoms with Crippen molar-refractivity contribution in [1.29, 1.82) is 0 Å². The van der Waals surface area contributed by atoms with Crippen molar-refractivity contribution >= 4 is 29.9 Å². The Morgan fingerprint density at radius 3 is 2.89 bits per heavy atom. The summed E-state index contributed by atoms with van der Waals surface area (Å²) >= 11 is 0. The molecule has 1 unspecified atom stereocenters. The van der Waals surface area contributed by atoms with Crippen molar-refractivity contribution in [2.24, 2.45) is 10.9 Å². The smallest absolute Gasteiger partial charge is 0.191 e. The Hall–Kier alpha value is -1.06. The van der Waals surface area contributed by atoms with Crippen LogP contribution in [0.3, 0.4) is 0 Å². The summed E-state index contributed by atoms with van der Waals surface area (Å²) < 4.78 is 11.2. The van der Waals surface area contributed by atoms with E-state index in [1.165, 1.54) is 5.56 Å². The second-order valence-electron chi connectivity index (χ2n) is 7.39. The van der Waals surface area contributed by atoms with Crippen molar-refractivity contribution in [2.75, 3.05) is 53.0 Å². The third-order valence-corrected chi connectivity index (χ3v) is 4.48. The molecule has 6 nitrogen and oxygen atoms in total. The Morgan fingerprint density at radius 2 is 2.18 bits per heavy atom. The van der Waals surface area contributed by atoms with E-state index in [-0.39, 0.29) is 30.1 Å². The average molecular weight is 504 g/mol. The van der Waals surface area contributed by atoms with Crippen LogP contribution < -0.4 is 15.4 Å². The quantitative estimate of drug-likeness (QED) is 0.308. The zero-order valence-electron chi connectivity index (χ0n) is 17.7. The van der Waals surface area contributed by atoms with Gasteiger partial charge in [-0.3, -0.25) is 9.89 Å². The van der Waals surface area contributed by atoms with Crippen LogP contribution in [0.5, 0.6) is 5.75 Å². The van der Waals surface area contributed by atoms with Gasteiger partial charge < -0.3 is 20.1 Å². The topological polar surface area (TPSA) is 58.1 Å². The maximum atomic E-state index is 5.90. The van der Waals surface area contributed by atoms with E-state index in [0.717, 1.165) is 57.5 Å².